The van der Waals surface area contributed by atoms with Gasteiger partial charge < -0.3 is 10.1 Å². The van der Waals surface area contributed by atoms with E-state index in [2.05, 4.69) is 37.7 Å². The zero-order valence-electron chi connectivity index (χ0n) is 14.8. The molecule has 0 heterocycles. The molecule has 3 nitrogen and oxygen atoms in total. The molecule has 2 aromatic rings. The van der Waals surface area contributed by atoms with Crippen LogP contribution in [0.3, 0.4) is 0 Å². The van der Waals surface area contributed by atoms with Crippen LogP contribution in [0.1, 0.15) is 61.0 Å². The number of halogens is 2. The fraction of sp³-hybridized carbons (Fsp3) is 0.350. The lowest BCUT2D eigenvalue weighted by atomic mass is 9.92. The summed E-state index contributed by atoms with van der Waals surface area (Å²) in [6.07, 6.45) is 0. The summed E-state index contributed by atoms with van der Waals surface area (Å²) < 4.78 is 28.7. The van der Waals surface area contributed by atoms with E-state index >= 15 is 0 Å². The minimum Gasteiger partial charge on any atom is -0.435 e. The van der Waals surface area contributed by atoms with E-state index in [0.717, 1.165) is 16.8 Å². The zero-order valence-corrected chi connectivity index (χ0v) is 14.8. The second kappa shape index (κ2) is 8.10. The minimum absolute atomic E-state index is 0.0250. The molecule has 2 rings (SSSR count). The van der Waals surface area contributed by atoms with Crippen molar-refractivity contribution in [3.8, 4) is 5.75 Å². The molecule has 134 valence electrons. The second-order valence-electron chi connectivity index (χ2n) is 6.48. The van der Waals surface area contributed by atoms with Crippen LogP contribution in [0.2, 0.25) is 0 Å². The number of ether oxygens (including phenoxy) is 1. The summed E-state index contributed by atoms with van der Waals surface area (Å²) in [6.45, 7) is 5.42. The zero-order chi connectivity index (χ0) is 18.6. The maximum atomic E-state index is 12.6. The van der Waals surface area contributed by atoms with Gasteiger partial charge >= 0.3 is 6.61 Å². The van der Waals surface area contributed by atoms with E-state index in [1.165, 1.54) is 24.3 Å². The molecular weight excluding hydrogens is 324 g/mol. The maximum Gasteiger partial charge on any atom is 0.387 e. The third kappa shape index (κ3) is 4.78. The SMILES string of the molecule is CC(C)c1cccc(C(C)C)c1NC(=O)c1ccc(OC(F)F)cc1. The predicted molar refractivity (Wildman–Crippen MR) is 95.6 cm³/mol. The van der Waals surface area contributed by atoms with Crippen LogP contribution in [0.25, 0.3) is 0 Å². The second-order valence-corrected chi connectivity index (χ2v) is 6.48. The Morgan fingerprint density at radius 3 is 1.88 bits per heavy atom. The lowest BCUT2D eigenvalue weighted by molar-refractivity contribution is -0.0498. The highest BCUT2D eigenvalue weighted by Gasteiger charge is 2.17. The molecule has 0 aliphatic rings. The summed E-state index contributed by atoms with van der Waals surface area (Å²) in [5.41, 5.74) is 3.34. The number of anilines is 1. The number of alkyl halides is 2. The van der Waals surface area contributed by atoms with E-state index < -0.39 is 6.61 Å². The normalized spacial score (nSPS) is 11.2. The first-order valence-electron chi connectivity index (χ1n) is 8.28. The molecule has 0 radical (unpaired) electrons. The minimum atomic E-state index is -2.88. The number of nitrogens with one attached hydrogen (secondary N) is 1. The van der Waals surface area contributed by atoms with Crippen LogP contribution in [0.5, 0.6) is 5.75 Å². The first kappa shape index (κ1) is 18.9. The van der Waals surface area contributed by atoms with Crippen molar-refractivity contribution in [3.05, 3.63) is 59.2 Å². The lowest BCUT2D eigenvalue weighted by Gasteiger charge is -2.20. The fourth-order valence-corrected chi connectivity index (χ4v) is 2.67. The first-order valence-corrected chi connectivity index (χ1v) is 8.28. The maximum absolute atomic E-state index is 12.6. The highest BCUT2D eigenvalue weighted by atomic mass is 19.3. The van der Waals surface area contributed by atoms with Gasteiger partial charge in [0.05, 0.1) is 0 Å². The van der Waals surface area contributed by atoms with Crippen LogP contribution in [-0.4, -0.2) is 12.5 Å². The third-order valence-corrected chi connectivity index (χ3v) is 3.95. The summed E-state index contributed by atoms with van der Waals surface area (Å²) in [7, 11) is 0. The number of hydrogen-bond donors (Lipinski definition) is 1. The molecule has 0 aromatic heterocycles. The average molecular weight is 347 g/mol. The van der Waals surface area contributed by atoms with Gasteiger partial charge in [0, 0.05) is 11.3 Å². The largest absolute Gasteiger partial charge is 0.435 e. The van der Waals surface area contributed by atoms with Gasteiger partial charge in [-0.3, -0.25) is 4.79 Å². The highest BCUT2D eigenvalue weighted by molar-refractivity contribution is 6.05. The van der Waals surface area contributed by atoms with E-state index in [1.807, 2.05) is 18.2 Å². The van der Waals surface area contributed by atoms with Gasteiger partial charge in [0.25, 0.3) is 5.91 Å². The third-order valence-electron chi connectivity index (χ3n) is 3.95. The van der Waals surface area contributed by atoms with Crippen LogP contribution >= 0.6 is 0 Å². The topological polar surface area (TPSA) is 38.3 Å². The van der Waals surface area contributed by atoms with Gasteiger partial charge in [-0.2, -0.15) is 8.78 Å². The summed E-state index contributed by atoms with van der Waals surface area (Å²) >= 11 is 0. The van der Waals surface area contributed by atoms with Crippen molar-refractivity contribution in [2.45, 2.75) is 46.1 Å². The smallest absolute Gasteiger partial charge is 0.387 e. The predicted octanol–water partition coefficient (Wildman–Crippen LogP) is 5.79. The van der Waals surface area contributed by atoms with Crippen molar-refractivity contribution < 1.29 is 18.3 Å². The molecule has 25 heavy (non-hydrogen) atoms. The molecule has 1 amide bonds. The Bertz CT molecular complexity index is 699. The Morgan fingerprint density at radius 2 is 1.44 bits per heavy atom. The van der Waals surface area contributed by atoms with Gasteiger partial charge in [0.15, 0.2) is 0 Å². The van der Waals surface area contributed by atoms with Gasteiger partial charge in [-0.25, -0.2) is 0 Å². The van der Waals surface area contributed by atoms with E-state index in [0.29, 0.717) is 5.56 Å². The number of para-hydroxylation sites is 1. The Labute approximate surface area is 147 Å². The number of hydrogen-bond acceptors (Lipinski definition) is 2. The molecule has 1 N–H and O–H groups in total. The molecule has 0 spiro atoms. The molecule has 0 aliphatic heterocycles. The summed E-state index contributed by atoms with van der Waals surface area (Å²) in [4.78, 5) is 12.6. The van der Waals surface area contributed by atoms with Crippen molar-refractivity contribution in [2.75, 3.05) is 5.32 Å². The molecule has 0 aliphatic carbocycles. The Hall–Kier alpha value is -2.43. The number of benzene rings is 2. The molecular formula is C20H23F2NO2. The van der Waals surface area contributed by atoms with Gasteiger partial charge in [0.1, 0.15) is 5.75 Å². The highest BCUT2D eigenvalue weighted by Crippen LogP contribution is 2.32. The molecule has 0 saturated carbocycles. The van der Waals surface area contributed by atoms with Crippen molar-refractivity contribution in [3.63, 3.8) is 0 Å². The number of carbonyl (C=O) groups is 1. The van der Waals surface area contributed by atoms with E-state index in [4.69, 9.17) is 0 Å². The van der Waals surface area contributed by atoms with Crippen molar-refractivity contribution in [1.82, 2.24) is 0 Å². The van der Waals surface area contributed by atoms with Crippen molar-refractivity contribution in [2.24, 2.45) is 0 Å². The Balaban J connectivity index is 2.28. The van der Waals surface area contributed by atoms with Crippen LogP contribution in [0.4, 0.5) is 14.5 Å². The molecule has 0 unspecified atom stereocenters. The Morgan fingerprint density at radius 1 is 0.920 bits per heavy atom. The number of rotatable bonds is 6. The van der Waals surface area contributed by atoms with Crippen LogP contribution in [0.15, 0.2) is 42.5 Å². The summed E-state index contributed by atoms with van der Waals surface area (Å²) in [5.74, 6) is 0.266. The standard InChI is InChI=1S/C20H23F2NO2/c1-12(2)16-6-5-7-17(13(3)4)18(16)23-19(24)14-8-10-15(11-9-14)25-20(21)22/h5-13,20H,1-4H3,(H,23,24). The van der Waals surface area contributed by atoms with Gasteiger partial charge in [-0.15, -0.1) is 0 Å². The Kier molecular flexibility index (Phi) is 6.12. The molecule has 0 fully saturated rings. The first-order chi connectivity index (χ1) is 11.8. The summed E-state index contributed by atoms with van der Waals surface area (Å²) in [6, 6.07) is 11.7. The van der Waals surface area contributed by atoms with Crippen LogP contribution in [-0.2, 0) is 0 Å². The van der Waals surface area contributed by atoms with Crippen LogP contribution < -0.4 is 10.1 Å². The molecule has 5 heteroatoms. The lowest BCUT2D eigenvalue weighted by Crippen LogP contribution is -2.16. The van der Waals surface area contributed by atoms with Gasteiger partial charge in [-0.1, -0.05) is 45.9 Å². The van der Waals surface area contributed by atoms with E-state index in [-0.39, 0.29) is 23.5 Å². The molecule has 0 bridgehead atoms. The fourth-order valence-electron chi connectivity index (χ4n) is 2.67. The van der Waals surface area contributed by atoms with E-state index in [9.17, 15) is 13.6 Å². The van der Waals surface area contributed by atoms with Crippen molar-refractivity contribution >= 4 is 11.6 Å². The van der Waals surface area contributed by atoms with Crippen molar-refractivity contribution in [1.29, 1.82) is 0 Å². The van der Waals surface area contributed by atoms with Gasteiger partial charge in [-0.05, 0) is 47.2 Å². The monoisotopic (exact) mass is 347 g/mol. The quantitative estimate of drug-likeness (QED) is 0.718. The van der Waals surface area contributed by atoms with Crippen LogP contribution in [0, 0.1) is 0 Å². The number of amides is 1. The van der Waals surface area contributed by atoms with E-state index in [1.54, 1.807) is 0 Å². The summed E-state index contributed by atoms with van der Waals surface area (Å²) in [5, 5.41) is 2.99. The molecule has 0 saturated heterocycles. The average Bonchev–Trinajstić information content (AvgIpc) is 2.54. The molecule has 0 atom stereocenters. The molecule has 2 aromatic carbocycles. The van der Waals surface area contributed by atoms with Gasteiger partial charge in [0.2, 0.25) is 0 Å². The number of carbonyl (C=O) groups excluding carboxylic acids is 1.